The SMILES string of the molecule is CC(=O)c1sc(NCC(C)C)c(C#N)c1N. The second-order valence-electron chi connectivity index (χ2n) is 3.99. The van der Waals surface area contributed by atoms with Gasteiger partial charge in [-0.3, -0.25) is 4.79 Å². The lowest BCUT2D eigenvalue weighted by atomic mass is 10.2. The van der Waals surface area contributed by atoms with Gasteiger partial charge in [0.15, 0.2) is 5.78 Å². The van der Waals surface area contributed by atoms with Crippen LogP contribution in [0.25, 0.3) is 0 Å². The number of carbonyl (C=O) groups excluding carboxylic acids is 1. The zero-order chi connectivity index (χ0) is 12.3. The number of thiophene rings is 1. The van der Waals surface area contributed by atoms with Gasteiger partial charge in [0.2, 0.25) is 0 Å². The Hall–Kier alpha value is -1.54. The van der Waals surface area contributed by atoms with Crippen LogP contribution in [0.4, 0.5) is 10.7 Å². The molecule has 5 heteroatoms. The first kappa shape index (κ1) is 12.5. The highest BCUT2D eigenvalue weighted by Gasteiger charge is 2.18. The zero-order valence-electron chi connectivity index (χ0n) is 9.63. The highest BCUT2D eigenvalue weighted by Crippen LogP contribution is 2.35. The molecule has 0 aliphatic heterocycles. The summed E-state index contributed by atoms with van der Waals surface area (Å²) >= 11 is 1.25. The summed E-state index contributed by atoms with van der Waals surface area (Å²) in [6.45, 7) is 6.35. The van der Waals surface area contributed by atoms with Crippen LogP contribution in [0.5, 0.6) is 0 Å². The Morgan fingerprint density at radius 2 is 2.25 bits per heavy atom. The second kappa shape index (κ2) is 4.99. The topological polar surface area (TPSA) is 78.9 Å². The molecule has 0 unspecified atom stereocenters. The third-order valence-electron chi connectivity index (χ3n) is 2.05. The first-order valence-electron chi connectivity index (χ1n) is 5.04. The normalized spacial score (nSPS) is 10.2. The van der Waals surface area contributed by atoms with Gasteiger partial charge in [-0.15, -0.1) is 11.3 Å². The van der Waals surface area contributed by atoms with Crippen molar-refractivity contribution in [3.63, 3.8) is 0 Å². The molecule has 0 saturated carbocycles. The summed E-state index contributed by atoms with van der Waals surface area (Å²) in [5.74, 6) is 0.368. The van der Waals surface area contributed by atoms with Crippen molar-refractivity contribution in [3.05, 3.63) is 10.4 Å². The van der Waals surface area contributed by atoms with E-state index in [1.165, 1.54) is 18.3 Å². The average Bonchev–Trinajstić information content (AvgIpc) is 2.51. The molecule has 0 aliphatic rings. The van der Waals surface area contributed by atoms with Crippen LogP contribution in [0.15, 0.2) is 0 Å². The van der Waals surface area contributed by atoms with E-state index in [1.54, 1.807) is 0 Å². The lowest BCUT2D eigenvalue weighted by Gasteiger charge is -2.06. The van der Waals surface area contributed by atoms with Crippen LogP contribution in [0.3, 0.4) is 0 Å². The lowest BCUT2D eigenvalue weighted by Crippen LogP contribution is -2.07. The van der Waals surface area contributed by atoms with Crippen molar-refractivity contribution in [2.24, 2.45) is 5.92 Å². The first-order valence-corrected chi connectivity index (χ1v) is 5.86. The molecule has 4 nitrogen and oxygen atoms in total. The molecule has 1 heterocycles. The number of carbonyl (C=O) groups is 1. The van der Waals surface area contributed by atoms with Gasteiger partial charge in [0, 0.05) is 13.5 Å². The van der Waals surface area contributed by atoms with Crippen LogP contribution < -0.4 is 11.1 Å². The molecule has 1 aromatic rings. The molecule has 0 spiro atoms. The van der Waals surface area contributed by atoms with Crippen LogP contribution >= 0.6 is 11.3 Å². The molecule has 16 heavy (non-hydrogen) atoms. The molecule has 0 saturated heterocycles. The quantitative estimate of drug-likeness (QED) is 0.788. The number of rotatable bonds is 4. The Bertz CT molecular complexity index is 443. The summed E-state index contributed by atoms with van der Waals surface area (Å²) in [5, 5.41) is 12.8. The first-order chi connectivity index (χ1) is 7.47. The van der Waals surface area contributed by atoms with Crippen molar-refractivity contribution in [2.45, 2.75) is 20.8 Å². The third kappa shape index (κ3) is 2.52. The Labute approximate surface area is 99.1 Å². The van der Waals surface area contributed by atoms with Crippen molar-refractivity contribution < 1.29 is 4.79 Å². The maximum absolute atomic E-state index is 11.3. The number of nitrogens with zero attached hydrogens (tertiary/aromatic N) is 1. The number of hydrogen-bond acceptors (Lipinski definition) is 5. The zero-order valence-corrected chi connectivity index (χ0v) is 10.4. The molecule has 0 atom stereocenters. The monoisotopic (exact) mass is 237 g/mol. The molecule has 0 aromatic carbocycles. The predicted molar refractivity (Wildman–Crippen MR) is 66.8 cm³/mol. The van der Waals surface area contributed by atoms with E-state index in [0.717, 1.165) is 6.54 Å². The van der Waals surface area contributed by atoms with Crippen molar-refractivity contribution in [2.75, 3.05) is 17.6 Å². The summed E-state index contributed by atoms with van der Waals surface area (Å²) in [6, 6.07) is 2.03. The van der Waals surface area contributed by atoms with Gasteiger partial charge in [-0.05, 0) is 5.92 Å². The minimum absolute atomic E-state index is 0.100. The highest BCUT2D eigenvalue weighted by molar-refractivity contribution is 7.18. The fourth-order valence-corrected chi connectivity index (χ4v) is 2.21. The van der Waals surface area contributed by atoms with E-state index in [2.05, 4.69) is 19.2 Å². The number of Topliss-reactive ketones (excluding diaryl/α,β-unsaturated/α-hetero) is 1. The van der Waals surface area contributed by atoms with E-state index in [4.69, 9.17) is 11.0 Å². The maximum Gasteiger partial charge on any atom is 0.171 e. The molecular weight excluding hydrogens is 222 g/mol. The van der Waals surface area contributed by atoms with Gasteiger partial charge in [0.25, 0.3) is 0 Å². The number of ketones is 1. The molecule has 0 radical (unpaired) electrons. The Morgan fingerprint density at radius 1 is 1.62 bits per heavy atom. The fourth-order valence-electron chi connectivity index (χ4n) is 1.24. The van der Waals surface area contributed by atoms with E-state index in [0.29, 0.717) is 27.0 Å². The minimum Gasteiger partial charge on any atom is -0.396 e. The summed E-state index contributed by atoms with van der Waals surface area (Å²) in [6.07, 6.45) is 0. The maximum atomic E-state index is 11.3. The van der Waals surface area contributed by atoms with E-state index in [-0.39, 0.29) is 5.78 Å². The van der Waals surface area contributed by atoms with Gasteiger partial charge in [0.05, 0.1) is 10.6 Å². The number of anilines is 2. The predicted octanol–water partition coefficient (Wildman–Crippen LogP) is 2.47. The lowest BCUT2D eigenvalue weighted by molar-refractivity contribution is 0.102. The number of nitrogens with one attached hydrogen (secondary N) is 1. The van der Waals surface area contributed by atoms with E-state index < -0.39 is 0 Å². The van der Waals surface area contributed by atoms with Crippen LogP contribution in [-0.2, 0) is 0 Å². The standard InChI is InChI=1S/C11H15N3OS/c1-6(2)5-14-11-8(4-12)9(13)10(16-11)7(3)15/h6,14H,5,13H2,1-3H3. The molecule has 0 bridgehead atoms. The van der Waals surface area contributed by atoms with Crippen molar-refractivity contribution >= 4 is 27.8 Å². The largest absolute Gasteiger partial charge is 0.396 e. The summed E-state index contributed by atoms with van der Waals surface area (Å²) in [4.78, 5) is 11.7. The summed E-state index contributed by atoms with van der Waals surface area (Å²) < 4.78 is 0. The molecule has 0 aliphatic carbocycles. The average molecular weight is 237 g/mol. The van der Waals surface area contributed by atoms with Crippen LogP contribution in [0.1, 0.15) is 36.0 Å². The molecular formula is C11H15N3OS. The van der Waals surface area contributed by atoms with E-state index >= 15 is 0 Å². The molecule has 0 amide bonds. The number of nitrogen functional groups attached to an aromatic ring is 1. The highest BCUT2D eigenvalue weighted by atomic mass is 32.1. The van der Waals surface area contributed by atoms with E-state index in [1.807, 2.05) is 6.07 Å². The fraction of sp³-hybridized carbons (Fsp3) is 0.455. The van der Waals surface area contributed by atoms with Crippen LogP contribution in [0, 0.1) is 17.2 Å². The van der Waals surface area contributed by atoms with Crippen molar-refractivity contribution in [1.29, 1.82) is 5.26 Å². The Kier molecular flexibility index (Phi) is 3.91. The molecule has 1 aromatic heterocycles. The minimum atomic E-state index is -0.100. The second-order valence-corrected chi connectivity index (χ2v) is 5.01. The van der Waals surface area contributed by atoms with Crippen molar-refractivity contribution in [3.8, 4) is 6.07 Å². The van der Waals surface area contributed by atoms with Gasteiger partial charge in [0.1, 0.15) is 16.6 Å². The number of hydrogen-bond donors (Lipinski definition) is 2. The number of nitrogens with two attached hydrogens (primary N) is 1. The summed E-state index contributed by atoms with van der Waals surface area (Å²) in [5.41, 5.74) is 6.43. The Balaban J connectivity index is 3.05. The van der Waals surface area contributed by atoms with Crippen LogP contribution in [0.2, 0.25) is 0 Å². The third-order valence-corrected chi connectivity index (χ3v) is 3.31. The van der Waals surface area contributed by atoms with Gasteiger partial charge in [-0.25, -0.2) is 0 Å². The molecule has 86 valence electrons. The van der Waals surface area contributed by atoms with Gasteiger partial charge >= 0.3 is 0 Å². The van der Waals surface area contributed by atoms with Gasteiger partial charge in [-0.1, -0.05) is 13.8 Å². The van der Waals surface area contributed by atoms with Gasteiger partial charge in [-0.2, -0.15) is 5.26 Å². The number of nitriles is 1. The molecule has 3 N–H and O–H groups in total. The molecule has 0 fully saturated rings. The summed E-state index contributed by atoms with van der Waals surface area (Å²) in [7, 11) is 0. The Morgan fingerprint density at radius 3 is 2.69 bits per heavy atom. The van der Waals surface area contributed by atoms with Gasteiger partial charge < -0.3 is 11.1 Å². The molecule has 1 rings (SSSR count). The smallest absolute Gasteiger partial charge is 0.171 e. The van der Waals surface area contributed by atoms with Crippen molar-refractivity contribution in [1.82, 2.24) is 0 Å². The van der Waals surface area contributed by atoms with Crippen LogP contribution in [-0.4, -0.2) is 12.3 Å². The van der Waals surface area contributed by atoms with E-state index in [9.17, 15) is 4.79 Å².